The fraction of sp³-hybridized carbons (Fsp3) is 0.533. The van der Waals surface area contributed by atoms with Gasteiger partial charge in [-0.2, -0.15) is 0 Å². The molecule has 0 saturated carbocycles. The quantitative estimate of drug-likeness (QED) is 0.895. The molecule has 2 aromatic rings. The van der Waals surface area contributed by atoms with Crippen LogP contribution in [0, 0.1) is 0 Å². The molecule has 1 aliphatic rings. The molecule has 0 radical (unpaired) electrons. The first-order chi connectivity index (χ1) is 8.88. The molecule has 3 rings (SSSR count). The molecular weight excluding hydrogens is 222 g/mol. The Morgan fingerprint density at radius 3 is 3.06 bits per heavy atom. The molecular formula is C15H21N3. The number of fused-ring (bicyclic) bond motifs is 1. The van der Waals surface area contributed by atoms with Crippen molar-refractivity contribution in [2.45, 2.75) is 45.2 Å². The highest BCUT2D eigenvalue weighted by Crippen LogP contribution is 2.19. The van der Waals surface area contributed by atoms with E-state index in [0.29, 0.717) is 6.04 Å². The van der Waals surface area contributed by atoms with Crippen molar-refractivity contribution in [1.82, 2.24) is 14.9 Å². The third kappa shape index (κ3) is 2.15. The van der Waals surface area contributed by atoms with Crippen LogP contribution in [0.25, 0.3) is 11.0 Å². The lowest BCUT2D eigenvalue weighted by atomic mass is 10.2. The molecule has 0 bridgehead atoms. The molecule has 0 spiro atoms. The summed E-state index contributed by atoms with van der Waals surface area (Å²) in [6.07, 6.45) is 4.82. The summed E-state index contributed by atoms with van der Waals surface area (Å²) in [4.78, 5) is 4.78. The second kappa shape index (κ2) is 5.11. The lowest BCUT2D eigenvalue weighted by Crippen LogP contribution is -2.27. The average molecular weight is 243 g/mol. The van der Waals surface area contributed by atoms with E-state index >= 15 is 0 Å². The van der Waals surface area contributed by atoms with E-state index in [1.807, 2.05) is 0 Å². The van der Waals surface area contributed by atoms with Gasteiger partial charge in [0.15, 0.2) is 0 Å². The minimum absolute atomic E-state index is 0.623. The number of para-hydroxylation sites is 2. The van der Waals surface area contributed by atoms with E-state index in [4.69, 9.17) is 4.98 Å². The van der Waals surface area contributed by atoms with Crippen LogP contribution in [0.3, 0.4) is 0 Å². The summed E-state index contributed by atoms with van der Waals surface area (Å²) in [5.74, 6) is 1.24. The topological polar surface area (TPSA) is 29.9 Å². The first kappa shape index (κ1) is 11.7. The largest absolute Gasteiger partial charge is 0.326 e. The van der Waals surface area contributed by atoms with E-state index in [1.54, 1.807) is 0 Å². The van der Waals surface area contributed by atoms with Gasteiger partial charge in [0.25, 0.3) is 0 Å². The number of aryl methyl sites for hydroxylation is 1. The number of nitrogens with one attached hydrogen (secondary N) is 1. The zero-order valence-corrected chi connectivity index (χ0v) is 11.0. The molecule has 2 heterocycles. The van der Waals surface area contributed by atoms with E-state index in [-0.39, 0.29) is 0 Å². The molecule has 1 unspecified atom stereocenters. The van der Waals surface area contributed by atoms with Gasteiger partial charge in [-0.15, -0.1) is 0 Å². The van der Waals surface area contributed by atoms with Crippen LogP contribution in [-0.4, -0.2) is 22.1 Å². The molecule has 96 valence electrons. The van der Waals surface area contributed by atoms with Crippen molar-refractivity contribution in [3.05, 3.63) is 30.1 Å². The van der Waals surface area contributed by atoms with Gasteiger partial charge in [0.05, 0.1) is 11.0 Å². The zero-order valence-electron chi connectivity index (χ0n) is 11.0. The molecule has 3 heteroatoms. The summed E-state index contributed by atoms with van der Waals surface area (Å²) in [7, 11) is 0. The van der Waals surface area contributed by atoms with Gasteiger partial charge >= 0.3 is 0 Å². The van der Waals surface area contributed by atoms with Crippen LogP contribution < -0.4 is 5.32 Å². The number of imidazole rings is 1. The number of hydrogen-bond acceptors (Lipinski definition) is 2. The van der Waals surface area contributed by atoms with E-state index in [0.717, 1.165) is 24.9 Å². The van der Waals surface area contributed by atoms with Gasteiger partial charge in [-0.25, -0.2) is 4.98 Å². The summed E-state index contributed by atoms with van der Waals surface area (Å²) in [5, 5.41) is 3.58. The maximum atomic E-state index is 4.78. The van der Waals surface area contributed by atoms with Gasteiger partial charge in [0.2, 0.25) is 0 Å². The van der Waals surface area contributed by atoms with Crippen molar-refractivity contribution in [1.29, 1.82) is 0 Å². The fourth-order valence-corrected chi connectivity index (χ4v) is 2.88. The molecule has 1 atom stereocenters. The normalized spacial score (nSPS) is 19.7. The zero-order chi connectivity index (χ0) is 12.4. The summed E-state index contributed by atoms with van der Waals surface area (Å²) in [6, 6.07) is 9.11. The van der Waals surface area contributed by atoms with Crippen molar-refractivity contribution in [3.8, 4) is 0 Å². The third-order valence-electron chi connectivity index (χ3n) is 3.77. The lowest BCUT2D eigenvalue weighted by molar-refractivity contribution is 0.503. The highest BCUT2D eigenvalue weighted by molar-refractivity contribution is 5.75. The van der Waals surface area contributed by atoms with Crippen LogP contribution in [0.15, 0.2) is 24.3 Å². The van der Waals surface area contributed by atoms with Crippen LogP contribution in [0.4, 0.5) is 0 Å². The first-order valence-electron chi connectivity index (χ1n) is 7.06. The number of aromatic nitrogens is 2. The Bertz CT molecular complexity index is 524. The summed E-state index contributed by atoms with van der Waals surface area (Å²) < 4.78 is 2.42. The Hall–Kier alpha value is -1.35. The number of nitrogens with zero attached hydrogens (tertiary/aromatic N) is 2. The van der Waals surface area contributed by atoms with E-state index in [2.05, 4.69) is 41.1 Å². The number of rotatable bonds is 4. The van der Waals surface area contributed by atoms with Crippen LogP contribution >= 0.6 is 0 Å². The molecule has 0 amide bonds. The first-order valence-corrected chi connectivity index (χ1v) is 7.06. The van der Waals surface area contributed by atoms with Crippen molar-refractivity contribution in [2.75, 3.05) is 6.54 Å². The monoisotopic (exact) mass is 243 g/mol. The Morgan fingerprint density at radius 2 is 2.28 bits per heavy atom. The van der Waals surface area contributed by atoms with Crippen LogP contribution in [0.2, 0.25) is 0 Å². The summed E-state index contributed by atoms with van der Waals surface area (Å²) in [5.41, 5.74) is 2.42. The van der Waals surface area contributed by atoms with E-state index in [9.17, 15) is 0 Å². The second-order valence-electron chi connectivity index (χ2n) is 5.17. The van der Waals surface area contributed by atoms with Gasteiger partial charge < -0.3 is 9.88 Å². The molecule has 0 aliphatic carbocycles. The maximum Gasteiger partial charge on any atom is 0.109 e. The number of benzene rings is 1. The van der Waals surface area contributed by atoms with Gasteiger partial charge in [-0.1, -0.05) is 19.1 Å². The van der Waals surface area contributed by atoms with Crippen LogP contribution in [-0.2, 0) is 13.0 Å². The standard InChI is InChI=1S/C15H21N3/c1-2-6-15-17-13-8-3-4-9-14(13)18(15)11-12-7-5-10-16-12/h3-4,8-9,12,16H,2,5-7,10-11H2,1H3. The van der Waals surface area contributed by atoms with Crippen molar-refractivity contribution < 1.29 is 0 Å². The average Bonchev–Trinajstić information content (AvgIpc) is 3.00. The third-order valence-corrected chi connectivity index (χ3v) is 3.77. The van der Waals surface area contributed by atoms with Crippen molar-refractivity contribution in [2.24, 2.45) is 0 Å². The summed E-state index contributed by atoms with van der Waals surface area (Å²) in [6.45, 7) is 4.45. The lowest BCUT2D eigenvalue weighted by Gasteiger charge is -2.14. The minimum Gasteiger partial charge on any atom is -0.326 e. The Balaban J connectivity index is 1.97. The van der Waals surface area contributed by atoms with Gasteiger partial charge in [0.1, 0.15) is 5.82 Å². The molecule has 1 fully saturated rings. The molecule has 1 aromatic heterocycles. The molecule has 1 saturated heterocycles. The highest BCUT2D eigenvalue weighted by Gasteiger charge is 2.17. The smallest absolute Gasteiger partial charge is 0.109 e. The van der Waals surface area contributed by atoms with Crippen LogP contribution in [0.5, 0.6) is 0 Å². The molecule has 18 heavy (non-hydrogen) atoms. The maximum absolute atomic E-state index is 4.78. The van der Waals surface area contributed by atoms with Crippen molar-refractivity contribution in [3.63, 3.8) is 0 Å². The van der Waals surface area contributed by atoms with Gasteiger partial charge in [-0.3, -0.25) is 0 Å². The second-order valence-corrected chi connectivity index (χ2v) is 5.17. The Kier molecular flexibility index (Phi) is 3.33. The number of hydrogen-bond donors (Lipinski definition) is 1. The van der Waals surface area contributed by atoms with Gasteiger partial charge in [0, 0.05) is 19.0 Å². The Labute approximate surface area is 108 Å². The predicted octanol–water partition coefficient (Wildman–Crippen LogP) is 2.74. The molecule has 1 aromatic carbocycles. The van der Waals surface area contributed by atoms with Crippen molar-refractivity contribution >= 4 is 11.0 Å². The highest BCUT2D eigenvalue weighted by atomic mass is 15.1. The molecule has 1 aliphatic heterocycles. The summed E-state index contributed by atoms with van der Waals surface area (Å²) >= 11 is 0. The molecule has 3 nitrogen and oxygen atoms in total. The fourth-order valence-electron chi connectivity index (χ4n) is 2.88. The SMILES string of the molecule is CCCc1nc2ccccc2n1CC1CCCN1. The van der Waals surface area contributed by atoms with Crippen LogP contribution in [0.1, 0.15) is 32.0 Å². The minimum atomic E-state index is 0.623. The molecule has 1 N–H and O–H groups in total. The van der Waals surface area contributed by atoms with E-state index in [1.165, 1.54) is 30.7 Å². The Morgan fingerprint density at radius 1 is 1.39 bits per heavy atom. The van der Waals surface area contributed by atoms with Gasteiger partial charge in [-0.05, 0) is 37.9 Å². The van der Waals surface area contributed by atoms with E-state index < -0.39 is 0 Å². The predicted molar refractivity (Wildman–Crippen MR) is 74.8 cm³/mol.